The predicted octanol–water partition coefficient (Wildman–Crippen LogP) is 4.62. The largest absolute Gasteiger partial charge is 0.381 e. The summed E-state index contributed by atoms with van der Waals surface area (Å²) in [6, 6.07) is 11.1. The minimum Gasteiger partial charge on any atom is -0.381 e. The number of benzene rings is 1. The van der Waals surface area contributed by atoms with Crippen LogP contribution in [0.15, 0.2) is 42.9 Å². The van der Waals surface area contributed by atoms with Crippen LogP contribution in [0.5, 0.6) is 0 Å². The van der Waals surface area contributed by atoms with E-state index >= 15 is 0 Å². The number of nitrogens with zero attached hydrogens (tertiary/aromatic N) is 6. The number of nitriles is 1. The Hall–Kier alpha value is -3.96. The van der Waals surface area contributed by atoms with E-state index in [9.17, 15) is 10.1 Å². The molecule has 0 atom stereocenters. The van der Waals surface area contributed by atoms with Crippen LogP contribution in [0.1, 0.15) is 49.2 Å². The Balaban J connectivity index is 1.55. The maximum absolute atomic E-state index is 12.7. The fourth-order valence-electron chi connectivity index (χ4n) is 5.92. The molecule has 2 aliphatic rings. The van der Waals surface area contributed by atoms with E-state index in [0.29, 0.717) is 38.4 Å². The lowest BCUT2D eigenvalue weighted by Gasteiger charge is -2.31. The van der Waals surface area contributed by atoms with Crippen molar-refractivity contribution in [2.45, 2.75) is 45.2 Å². The van der Waals surface area contributed by atoms with Crippen LogP contribution in [-0.4, -0.2) is 49.9 Å². The third-order valence-electron chi connectivity index (χ3n) is 7.74. The zero-order valence-corrected chi connectivity index (χ0v) is 21.3. The Morgan fingerprint density at radius 1 is 1.24 bits per heavy atom. The molecule has 6 rings (SSSR count). The monoisotopic (exact) mass is 494 g/mol. The summed E-state index contributed by atoms with van der Waals surface area (Å²) in [4.78, 5) is 19.4. The maximum atomic E-state index is 12.7. The lowest BCUT2D eigenvalue weighted by Crippen LogP contribution is -2.36. The summed E-state index contributed by atoms with van der Waals surface area (Å²) in [5.74, 6) is 0.148. The number of fused-ring (bicyclic) bond motifs is 2. The molecule has 0 unspecified atom stereocenters. The molecule has 1 fully saturated rings. The van der Waals surface area contributed by atoms with Crippen molar-refractivity contribution >= 4 is 16.7 Å². The second-order valence-electron chi connectivity index (χ2n) is 9.89. The van der Waals surface area contributed by atoms with E-state index in [-0.39, 0.29) is 11.9 Å². The van der Waals surface area contributed by atoms with Gasteiger partial charge in [0.25, 0.3) is 0 Å². The van der Waals surface area contributed by atoms with E-state index in [1.165, 1.54) is 5.69 Å². The third-order valence-corrected chi connectivity index (χ3v) is 7.74. The van der Waals surface area contributed by atoms with Gasteiger partial charge in [0.15, 0.2) is 0 Å². The van der Waals surface area contributed by atoms with E-state index in [2.05, 4.69) is 33.9 Å². The van der Waals surface area contributed by atoms with Crippen LogP contribution in [0.3, 0.4) is 0 Å². The number of pyridine rings is 1. The highest BCUT2D eigenvalue weighted by molar-refractivity contribution is 5.99. The van der Waals surface area contributed by atoms with Gasteiger partial charge in [-0.25, -0.2) is 0 Å². The van der Waals surface area contributed by atoms with Gasteiger partial charge in [-0.05, 0) is 29.9 Å². The topological polar surface area (TPSA) is 89.0 Å². The minimum atomic E-state index is 0.148. The molecule has 4 aromatic rings. The summed E-state index contributed by atoms with van der Waals surface area (Å²) in [7, 11) is 1.89. The second-order valence-corrected chi connectivity index (χ2v) is 9.89. The van der Waals surface area contributed by atoms with Gasteiger partial charge in [-0.15, -0.1) is 0 Å². The van der Waals surface area contributed by atoms with Gasteiger partial charge < -0.3 is 14.2 Å². The fraction of sp³-hybridized carbons (Fsp3) is 0.379. The molecule has 1 aromatic carbocycles. The summed E-state index contributed by atoms with van der Waals surface area (Å²) in [6.07, 6.45) is 8.68. The molecular formula is C29H30N6O2. The molecule has 37 heavy (non-hydrogen) atoms. The smallest absolute Gasteiger partial charge is 0.222 e. The summed E-state index contributed by atoms with van der Waals surface area (Å²) < 4.78 is 9.68. The summed E-state index contributed by atoms with van der Waals surface area (Å²) in [5, 5.41) is 16.9. The lowest BCUT2D eigenvalue weighted by molar-refractivity contribution is -0.131. The van der Waals surface area contributed by atoms with Gasteiger partial charge in [0, 0.05) is 92.4 Å². The highest BCUT2D eigenvalue weighted by atomic mass is 16.5. The molecule has 3 aromatic heterocycles. The fourth-order valence-corrected chi connectivity index (χ4v) is 5.92. The van der Waals surface area contributed by atoms with Crippen LogP contribution in [0, 0.1) is 11.3 Å². The molecule has 2 aliphatic heterocycles. The van der Waals surface area contributed by atoms with E-state index < -0.39 is 0 Å². The lowest BCUT2D eigenvalue weighted by atomic mass is 9.93. The Kier molecular flexibility index (Phi) is 6.01. The number of ether oxygens (including phenoxy) is 1. The average Bonchev–Trinajstić information content (AvgIpc) is 3.52. The first kappa shape index (κ1) is 23.4. The molecule has 8 nitrogen and oxygen atoms in total. The van der Waals surface area contributed by atoms with Gasteiger partial charge in [0.1, 0.15) is 11.8 Å². The number of rotatable bonds is 4. The van der Waals surface area contributed by atoms with Crippen LogP contribution in [0.25, 0.3) is 33.2 Å². The maximum Gasteiger partial charge on any atom is 0.222 e. The van der Waals surface area contributed by atoms with Crippen LogP contribution in [-0.2, 0) is 29.5 Å². The Labute approximate surface area is 216 Å². The third kappa shape index (κ3) is 4.00. The molecule has 0 radical (unpaired) electrons. The van der Waals surface area contributed by atoms with Crippen molar-refractivity contribution in [3.8, 4) is 28.5 Å². The zero-order chi connectivity index (χ0) is 25.5. The number of carbonyl (C=O) groups is 1. The normalized spacial score (nSPS) is 16.1. The summed E-state index contributed by atoms with van der Waals surface area (Å²) in [5.41, 5.74) is 6.73. The van der Waals surface area contributed by atoms with Crippen molar-refractivity contribution in [1.82, 2.24) is 24.2 Å². The van der Waals surface area contributed by atoms with E-state index in [4.69, 9.17) is 9.72 Å². The first-order valence-corrected chi connectivity index (χ1v) is 13.0. The SMILES string of the molecule is CCC(=O)N1CCc2c(c(-c3cccc4cc(-c5cnn(C)c5)ncc34)c(C#N)n2C2CCOCC2)C1. The van der Waals surface area contributed by atoms with Gasteiger partial charge in [-0.1, -0.05) is 25.1 Å². The van der Waals surface area contributed by atoms with E-state index in [0.717, 1.165) is 58.0 Å². The van der Waals surface area contributed by atoms with Crippen molar-refractivity contribution in [3.63, 3.8) is 0 Å². The van der Waals surface area contributed by atoms with Gasteiger partial charge in [-0.3, -0.25) is 14.5 Å². The highest BCUT2D eigenvalue weighted by Gasteiger charge is 2.33. The van der Waals surface area contributed by atoms with Crippen LogP contribution in [0.4, 0.5) is 0 Å². The van der Waals surface area contributed by atoms with Crippen molar-refractivity contribution in [3.05, 3.63) is 59.8 Å². The number of amides is 1. The molecule has 188 valence electrons. The van der Waals surface area contributed by atoms with Crippen LogP contribution >= 0.6 is 0 Å². The Bertz CT molecular complexity index is 1540. The van der Waals surface area contributed by atoms with Crippen molar-refractivity contribution in [1.29, 1.82) is 5.26 Å². The number of aryl methyl sites for hydroxylation is 1. The second kappa shape index (κ2) is 9.49. The standard InChI is InChI=1S/C29H30N6O2/c1-3-28(36)34-10-7-26-24(18-34)29(27(14-30)35(26)21-8-11-37-12-9-21)22-6-4-5-19-13-25(31-16-23(19)22)20-15-32-33(2)17-20/h4-6,13,15-17,21H,3,7-12,18H2,1-2H3. The van der Waals surface area contributed by atoms with Crippen LogP contribution < -0.4 is 0 Å². The molecule has 8 heteroatoms. The van der Waals surface area contributed by atoms with Gasteiger partial charge in [-0.2, -0.15) is 10.4 Å². The van der Waals surface area contributed by atoms with Crippen LogP contribution in [0.2, 0.25) is 0 Å². The summed E-state index contributed by atoms with van der Waals surface area (Å²) >= 11 is 0. The van der Waals surface area contributed by atoms with Gasteiger partial charge >= 0.3 is 0 Å². The van der Waals surface area contributed by atoms with Gasteiger partial charge in [0.05, 0.1) is 11.9 Å². The Morgan fingerprint density at radius 2 is 2.08 bits per heavy atom. The predicted molar refractivity (Wildman–Crippen MR) is 141 cm³/mol. The van der Waals surface area contributed by atoms with Crippen molar-refractivity contribution < 1.29 is 9.53 Å². The molecule has 1 saturated heterocycles. The first-order chi connectivity index (χ1) is 18.1. The highest BCUT2D eigenvalue weighted by Crippen LogP contribution is 2.42. The van der Waals surface area contributed by atoms with Crippen molar-refractivity contribution in [2.24, 2.45) is 7.05 Å². The van der Waals surface area contributed by atoms with Crippen molar-refractivity contribution in [2.75, 3.05) is 19.8 Å². The molecule has 0 bridgehead atoms. The molecule has 0 saturated carbocycles. The van der Waals surface area contributed by atoms with Gasteiger partial charge in [0.2, 0.25) is 5.91 Å². The minimum absolute atomic E-state index is 0.148. The quantitative estimate of drug-likeness (QED) is 0.413. The molecular weight excluding hydrogens is 464 g/mol. The number of hydrogen-bond donors (Lipinski definition) is 0. The number of carbonyl (C=O) groups excluding carboxylic acids is 1. The zero-order valence-electron chi connectivity index (χ0n) is 21.3. The molecule has 0 aliphatic carbocycles. The average molecular weight is 495 g/mol. The molecule has 1 amide bonds. The molecule has 0 N–H and O–H groups in total. The molecule has 0 spiro atoms. The summed E-state index contributed by atoms with van der Waals surface area (Å²) in [6.45, 7) is 4.52. The number of hydrogen-bond acceptors (Lipinski definition) is 5. The Morgan fingerprint density at radius 3 is 2.81 bits per heavy atom. The van der Waals surface area contributed by atoms with E-state index in [1.807, 2.05) is 43.5 Å². The first-order valence-electron chi connectivity index (χ1n) is 13.0. The van der Waals surface area contributed by atoms with E-state index in [1.54, 1.807) is 4.68 Å². The molecule has 5 heterocycles. The number of aromatic nitrogens is 4.